The van der Waals surface area contributed by atoms with Gasteiger partial charge in [0.1, 0.15) is 0 Å². The SMILES string of the molecule is CC(C)c1cccc(C(C)C)c1-c1cc(-c2cc(C(C)(C)C)cc(-c3cc(-c4c(C(C)C)cccc4C(C)C)cc(-c4c(C(C)C)cccc4C(C)C)c3)c2[Se]N=O)cc(-c2c(C(C)C)cccc2C(C)C)c1. The molecule has 73 heavy (non-hydrogen) atoms. The number of hydrogen-bond donors (Lipinski definition) is 0. The van der Waals surface area contributed by atoms with Crippen molar-refractivity contribution in [1.82, 2.24) is 0 Å². The Morgan fingerprint density at radius 2 is 0.534 bits per heavy atom. The van der Waals surface area contributed by atoms with E-state index in [-0.39, 0.29) is 5.41 Å². The summed E-state index contributed by atoms with van der Waals surface area (Å²) in [6.07, 6.45) is 0. The second kappa shape index (κ2) is 22.6. The number of rotatable bonds is 16. The monoisotopic (exact) mass is 1040 g/mol. The molecule has 0 spiro atoms. The molecule has 0 saturated carbocycles. The van der Waals surface area contributed by atoms with Crippen LogP contribution in [0, 0.1) is 4.91 Å². The zero-order chi connectivity index (χ0) is 53.4. The van der Waals surface area contributed by atoms with Crippen molar-refractivity contribution in [3.05, 3.63) is 176 Å². The van der Waals surface area contributed by atoms with E-state index in [4.69, 9.17) is 0 Å². The third kappa shape index (κ3) is 11.5. The average molecular weight is 1040 g/mol. The molecule has 2 nitrogen and oxygen atoms in total. The van der Waals surface area contributed by atoms with Gasteiger partial charge in [0.25, 0.3) is 0 Å². The van der Waals surface area contributed by atoms with Crippen molar-refractivity contribution >= 4 is 19.6 Å². The van der Waals surface area contributed by atoms with Crippen LogP contribution in [-0.4, -0.2) is 15.2 Å². The van der Waals surface area contributed by atoms with Crippen LogP contribution in [-0.2, 0) is 5.41 Å². The zero-order valence-corrected chi connectivity index (χ0v) is 49.6. The Morgan fingerprint density at radius 1 is 0.329 bits per heavy atom. The van der Waals surface area contributed by atoms with Crippen LogP contribution in [0.25, 0.3) is 66.8 Å². The normalized spacial score (nSPS) is 12.3. The minimum absolute atomic E-state index is 0.210. The van der Waals surface area contributed by atoms with Gasteiger partial charge in [-0.1, -0.05) is 0 Å². The summed E-state index contributed by atoms with van der Waals surface area (Å²) >= 11 is -0.747. The number of nitrogens with zero attached hydrogens (tertiary/aromatic N) is 1. The van der Waals surface area contributed by atoms with Crippen LogP contribution >= 0.6 is 0 Å². The third-order valence-electron chi connectivity index (χ3n) is 15.2. The molecular weight excluding hydrogens is 950 g/mol. The van der Waals surface area contributed by atoms with Crippen LogP contribution in [0.5, 0.6) is 0 Å². The first-order valence-electron chi connectivity index (χ1n) is 27.5. The van der Waals surface area contributed by atoms with Gasteiger partial charge in [-0.25, -0.2) is 0 Å². The molecule has 0 aromatic heterocycles. The molecule has 3 heteroatoms. The molecule has 0 aliphatic rings. The van der Waals surface area contributed by atoms with Crippen molar-refractivity contribution in [2.24, 2.45) is 4.19 Å². The molecule has 0 atom stereocenters. The Morgan fingerprint density at radius 3 is 0.712 bits per heavy atom. The first-order chi connectivity index (χ1) is 34.4. The molecule has 382 valence electrons. The van der Waals surface area contributed by atoms with E-state index < -0.39 is 15.2 Å². The van der Waals surface area contributed by atoms with E-state index in [0.717, 1.165) is 26.7 Å². The van der Waals surface area contributed by atoms with E-state index >= 15 is 0 Å². The molecule has 7 aromatic rings. The van der Waals surface area contributed by atoms with Gasteiger partial charge in [-0.2, -0.15) is 0 Å². The number of nitroso groups, excluding NO2 is 1. The Balaban J connectivity index is 1.71. The molecule has 0 aliphatic heterocycles. The molecule has 0 amide bonds. The van der Waals surface area contributed by atoms with E-state index in [1.54, 1.807) is 0 Å². The van der Waals surface area contributed by atoms with Gasteiger partial charge < -0.3 is 0 Å². The van der Waals surface area contributed by atoms with Gasteiger partial charge >= 0.3 is 451 Å². The van der Waals surface area contributed by atoms with E-state index in [9.17, 15) is 4.91 Å². The van der Waals surface area contributed by atoms with Crippen molar-refractivity contribution in [2.75, 3.05) is 0 Å². The van der Waals surface area contributed by atoms with Gasteiger partial charge in [0.2, 0.25) is 0 Å². The van der Waals surface area contributed by atoms with Gasteiger partial charge in [-0.05, 0) is 0 Å². The molecule has 0 heterocycles. The van der Waals surface area contributed by atoms with E-state index in [1.807, 2.05) is 0 Å². The molecule has 7 aromatic carbocycles. The summed E-state index contributed by atoms with van der Waals surface area (Å²) < 4.78 is 4.92. The van der Waals surface area contributed by atoms with Crippen LogP contribution < -0.4 is 4.46 Å². The van der Waals surface area contributed by atoms with Gasteiger partial charge in [0, 0.05) is 0 Å². The fourth-order valence-corrected chi connectivity index (χ4v) is 12.6. The fraction of sp³-hybridized carbons (Fsp3) is 0.400. The van der Waals surface area contributed by atoms with Crippen LogP contribution in [0.15, 0.2) is 126 Å². The Kier molecular flexibility index (Phi) is 17.2. The second-order valence-electron chi connectivity index (χ2n) is 24.4. The fourth-order valence-electron chi connectivity index (χ4n) is 11.3. The summed E-state index contributed by atoms with van der Waals surface area (Å²) in [5.74, 6) is 2.55. The molecular formula is C70H85NOSe. The van der Waals surface area contributed by atoms with Gasteiger partial charge in [-0.3, -0.25) is 0 Å². The molecule has 0 saturated heterocycles. The number of hydrogen-bond acceptors (Lipinski definition) is 2. The van der Waals surface area contributed by atoms with Crippen molar-refractivity contribution in [2.45, 2.75) is 184 Å². The van der Waals surface area contributed by atoms with Gasteiger partial charge in [-0.15, -0.1) is 0 Å². The summed E-state index contributed by atoms with van der Waals surface area (Å²) in [6, 6.07) is 47.2. The summed E-state index contributed by atoms with van der Waals surface area (Å²) in [5, 5.41) is 0. The summed E-state index contributed by atoms with van der Waals surface area (Å²) in [7, 11) is 0. The quantitative estimate of drug-likeness (QED) is 0.0700. The van der Waals surface area contributed by atoms with Crippen molar-refractivity contribution < 1.29 is 0 Å². The molecule has 0 radical (unpaired) electrons. The van der Waals surface area contributed by atoms with E-state index in [0.29, 0.717) is 47.3 Å². The molecule has 0 aliphatic carbocycles. The Labute approximate surface area is 448 Å². The van der Waals surface area contributed by atoms with Crippen LogP contribution in [0.1, 0.15) is 229 Å². The topological polar surface area (TPSA) is 29.4 Å². The Hall–Kier alpha value is -5.34. The molecule has 0 N–H and O–H groups in total. The summed E-state index contributed by atoms with van der Waals surface area (Å²) in [5.41, 5.74) is 26.5. The van der Waals surface area contributed by atoms with Crippen LogP contribution in [0.4, 0.5) is 0 Å². The maximum atomic E-state index is 13.3. The van der Waals surface area contributed by atoms with Crippen molar-refractivity contribution in [3.8, 4) is 66.8 Å². The molecule has 0 bridgehead atoms. The number of benzene rings is 7. The first kappa shape index (κ1) is 55.4. The van der Waals surface area contributed by atoms with E-state index in [1.165, 1.54) is 94.6 Å². The van der Waals surface area contributed by atoms with Crippen LogP contribution in [0.2, 0.25) is 0 Å². The molecule has 7 rings (SSSR count). The zero-order valence-electron chi connectivity index (χ0n) is 47.9. The van der Waals surface area contributed by atoms with Gasteiger partial charge in [0.15, 0.2) is 0 Å². The summed E-state index contributed by atoms with van der Waals surface area (Å²) in [6.45, 7) is 44.1. The third-order valence-corrected chi connectivity index (χ3v) is 16.7. The molecule has 0 unspecified atom stereocenters. The maximum absolute atomic E-state index is 13.3. The first-order valence-corrected chi connectivity index (χ1v) is 29.1. The summed E-state index contributed by atoms with van der Waals surface area (Å²) in [4.78, 5) is 13.3. The minimum atomic E-state index is -0.747. The van der Waals surface area contributed by atoms with Gasteiger partial charge in [0.05, 0.1) is 0 Å². The van der Waals surface area contributed by atoms with Crippen LogP contribution in [0.3, 0.4) is 0 Å². The van der Waals surface area contributed by atoms with Crippen molar-refractivity contribution in [1.29, 1.82) is 0 Å². The predicted octanol–water partition coefficient (Wildman–Crippen LogP) is 21.0. The van der Waals surface area contributed by atoms with E-state index in [2.05, 4.69) is 257 Å². The standard InChI is InChI=1S/C70H85NOSe/c1-40(2)55-24-20-25-56(41(3)4)65(55)50-32-48(33-51(36-50)66-57(42(5)6)26-21-27-58(66)43(7)8)63-38-54(70(17,18)19)39-64(69(63)73-71-72)49-34-52(67-59(44(9)10)28-22-29-60(67)45(11)12)37-53(35-49)68-61(46(13)14)30-23-31-62(68)47(15)16/h20-47H,1-19H3. The average Bonchev–Trinajstić information content (AvgIpc) is 3.34. The second-order valence-corrected chi connectivity index (χ2v) is 26.0. The predicted molar refractivity (Wildman–Crippen MR) is 322 cm³/mol. The Bertz CT molecular complexity index is 2650. The van der Waals surface area contributed by atoms with Crippen molar-refractivity contribution in [3.63, 3.8) is 0 Å². The molecule has 0 fully saturated rings.